The Bertz CT molecular complexity index is 1140. The minimum absolute atomic E-state index is 0.131. The topological polar surface area (TPSA) is 61.8 Å². The van der Waals surface area contributed by atoms with Crippen LogP contribution in [-0.4, -0.2) is 43.5 Å². The zero-order chi connectivity index (χ0) is 23.6. The predicted molar refractivity (Wildman–Crippen MR) is 139 cm³/mol. The number of aryl methyl sites for hydroxylation is 1. The molecule has 172 valence electrons. The third kappa shape index (κ3) is 5.04. The molecule has 2 aromatic rings. The van der Waals surface area contributed by atoms with Gasteiger partial charge in [0.25, 0.3) is 0 Å². The van der Waals surface area contributed by atoms with E-state index in [2.05, 4.69) is 57.0 Å². The number of benzodiazepines with no additional fused rings is 1. The lowest BCUT2D eigenvalue weighted by molar-refractivity contribution is 0.594. The monoisotopic (exact) mass is 471 g/mol. The molecule has 0 aliphatic carbocycles. The van der Waals surface area contributed by atoms with Crippen molar-refractivity contribution in [2.45, 2.75) is 64.9 Å². The van der Waals surface area contributed by atoms with Crippen molar-refractivity contribution in [3.05, 3.63) is 53.1 Å². The number of hydrogen-bond acceptors (Lipinski definition) is 5. The van der Waals surface area contributed by atoms with E-state index in [0.717, 1.165) is 33.8 Å². The second-order valence-corrected chi connectivity index (χ2v) is 11.5. The molecule has 0 bridgehead atoms. The molecule has 0 spiro atoms. The highest BCUT2D eigenvalue weighted by molar-refractivity contribution is 7.91. The number of aliphatic imine (C=N–C) groups is 1. The van der Waals surface area contributed by atoms with Gasteiger partial charge in [0.05, 0.1) is 34.3 Å². The molecule has 0 aromatic heterocycles. The van der Waals surface area contributed by atoms with Crippen molar-refractivity contribution < 1.29 is 8.42 Å². The van der Waals surface area contributed by atoms with Crippen LogP contribution in [0.3, 0.4) is 0 Å². The Labute approximate surface area is 197 Å². The largest absolute Gasteiger partial charge is 0.365 e. The van der Waals surface area contributed by atoms with Gasteiger partial charge in [-0.05, 0) is 70.9 Å². The smallest absolute Gasteiger partial charge is 0.178 e. The van der Waals surface area contributed by atoms with Crippen molar-refractivity contribution in [1.29, 1.82) is 0 Å². The first-order chi connectivity index (χ1) is 15.0. The maximum absolute atomic E-state index is 12.7. The summed E-state index contributed by atoms with van der Waals surface area (Å²) >= 11 is 5.57. The minimum Gasteiger partial charge on any atom is -0.365 e. The maximum Gasteiger partial charge on any atom is 0.178 e. The highest BCUT2D eigenvalue weighted by Crippen LogP contribution is 2.37. The molecule has 1 N–H and O–H groups in total. The van der Waals surface area contributed by atoms with E-state index in [4.69, 9.17) is 17.2 Å². The van der Waals surface area contributed by atoms with Crippen molar-refractivity contribution in [2.24, 2.45) is 4.99 Å². The van der Waals surface area contributed by atoms with Crippen LogP contribution in [0.15, 0.2) is 46.3 Å². The van der Waals surface area contributed by atoms with Crippen LogP contribution >= 0.6 is 12.2 Å². The zero-order valence-corrected chi connectivity index (χ0v) is 21.4. The number of rotatable bonds is 7. The van der Waals surface area contributed by atoms with Gasteiger partial charge in [-0.1, -0.05) is 31.3 Å². The molecule has 0 radical (unpaired) electrons. The third-order valence-corrected chi connectivity index (χ3v) is 7.64. The first kappa shape index (κ1) is 24.4. The average molecular weight is 472 g/mol. The van der Waals surface area contributed by atoms with Gasteiger partial charge in [0.1, 0.15) is 4.99 Å². The van der Waals surface area contributed by atoms with Gasteiger partial charge in [0, 0.05) is 23.2 Å². The summed E-state index contributed by atoms with van der Waals surface area (Å²) in [5.74, 6) is 0.131. The van der Waals surface area contributed by atoms with E-state index in [1.54, 1.807) is 18.2 Å². The van der Waals surface area contributed by atoms with E-state index < -0.39 is 9.84 Å². The molecule has 0 saturated heterocycles. The van der Waals surface area contributed by atoms with Crippen LogP contribution in [-0.2, 0) is 9.84 Å². The SMILES string of the molecule is CCCS(=O)(=O)c1cccc(C2=NCC(=S)Nc3c2cc(C)cc3N(C(C)C)C(C)C)c1. The summed E-state index contributed by atoms with van der Waals surface area (Å²) in [6.07, 6.45) is 0.581. The summed E-state index contributed by atoms with van der Waals surface area (Å²) < 4.78 is 25.4. The summed E-state index contributed by atoms with van der Waals surface area (Å²) in [6, 6.07) is 12.0. The van der Waals surface area contributed by atoms with Crippen molar-refractivity contribution in [1.82, 2.24) is 0 Å². The molecule has 0 fully saturated rings. The lowest BCUT2D eigenvalue weighted by atomic mass is 9.96. The molecule has 1 aliphatic heterocycles. The Morgan fingerprint density at radius 2 is 1.81 bits per heavy atom. The lowest BCUT2D eigenvalue weighted by Crippen LogP contribution is -2.38. The van der Waals surface area contributed by atoms with Gasteiger partial charge in [-0.3, -0.25) is 4.99 Å². The summed E-state index contributed by atoms with van der Waals surface area (Å²) in [5, 5.41) is 3.43. The highest BCUT2D eigenvalue weighted by atomic mass is 32.2. The standard InChI is InChI=1S/C25H33N3O2S2/c1-7-11-32(29,30)20-10-8-9-19(14-20)24-21-12-18(6)13-22(28(16(2)3)17(4)5)25(21)27-23(31)15-26-24/h8-10,12-14,16-17H,7,11,15H2,1-6H3,(H,27,31). The van der Waals surface area contributed by atoms with Crippen LogP contribution in [0.1, 0.15) is 57.7 Å². The van der Waals surface area contributed by atoms with E-state index >= 15 is 0 Å². The predicted octanol–water partition coefficient (Wildman–Crippen LogP) is 5.39. The molecular weight excluding hydrogens is 438 g/mol. The number of benzene rings is 2. The molecular formula is C25H33N3O2S2. The number of hydrogen-bond donors (Lipinski definition) is 1. The number of thiocarbonyl (C=S) groups is 1. The van der Waals surface area contributed by atoms with Gasteiger partial charge in [-0.2, -0.15) is 0 Å². The number of anilines is 2. The number of sulfone groups is 1. The average Bonchev–Trinajstić information content (AvgIpc) is 2.86. The Morgan fingerprint density at radius 3 is 2.44 bits per heavy atom. The van der Waals surface area contributed by atoms with Crippen LogP contribution in [0.2, 0.25) is 0 Å². The highest BCUT2D eigenvalue weighted by Gasteiger charge is 2.26. The molecule has 32 heavy (non-hydrogen) atoms. The number of nitrogens with one attached hydrogen (secondary N) is 1. The van der Waals surface area contributed by atoms with Crippen LogP contribution in [0, 0.1) is 6.92 Å². The van der Waals surface area contributed by atoms with Crippen molar-refractivity contribution in [3.8, 4) is 0 Å². The molecule has 3 rings (SSSR count). The molecule has 0 atom stereocenters. The first-order valence-corrected chi connectivity index (χ1v) is 13.2. The second-order valence-electron chi connectivity index (χ2n) is 8.86. The fourth-order valence-electron chi connectivity index (χ4n) is 4.33. The van der Waals surface area contributed by atoms with Crippen molar-refractivity contribution in [2.75, 3.05) is 22.5 Å². The number of nitrogens with zero attached hydrogens (tertiary/aromatic N) is 2. The van der Waals surface area contributed by atoms with Gasteiger partial charge >= 0.3 is 0 Å². The molecule has 0 amide bonds. The lowest BCUT2D eigenvalue weighted by Gasteiger charge is -2.35. The van der Waals surface area contributed by atoms with Gasteiger partial charge < -0.3 is 10.2 Å². The van der Waals surface area contributed by atoms with Crippen molar-refractivity contribution >= 4 is 44.1 Å². The third-order valence-electron chi connectivity index (χ3n) is 5.49. The molecule has 2 aromatic carbocycles. The fourth-order valence-corrected chi connectivity index (χ4v) is 5.86. The number of fused-ring (bicyclic) bond motifs is 1. The quantitative estimate of drug-likeness (QED) is 0.549. The van der Waals surface area contributed by atoms with Crippen LogP contribution in [0.25, 0.3) is 0 Å². The summed E-state index contributed by atoms with van der Waals surface area (Å²) in [6.45, 7) is 13.0. The molecule has 5 nitrogen and oxygen atoms in total. The normalized spacial score (nSPS) is 14.1. The van der Waals surface area contributed by atoms with Crippen molar-refractivity contribution in [3.63, 3.8) is 0 Å². The van der Waals surface area contributed by atoms with E-state index in [9.17, 15) is 8.42 Å². The summed E-state index contributed by atoms with van der Waals surface area (Å²) in [5.41, 5.74) is 5.61. The molecule has 0 unspecified atom stereocenters. The summed E-state index contributed by atoms with van der Waals surface area (Å²) in [7, 11) is -3.33. The molecule has 0 saturated carbocycles. The van der Waals surface area contributed by atoms with Gasteiger partial charge in [-0.15, -0.1) is 0 Å². The van der Waals surface area contributed by atoms with Gasteiger partial charge in [0.2, 0.25) is 0 Å². The van der Waals surface area contributed by atoms with E-state index in [0.29, 0.717) is 34.9 Å². The Kier molecular flexibility index (Phi) is 7.40. The van der Waals surface area contributed by atoms with Crippen LogP contribution in [0.4, 0.5) is 11.4 Å². The summed E-state index contributed by atoms with van der Waals surface area (Å²) in [4.78, 5) is 8.16. The van der Waals surface area contributed by atoms with E-state index in [1.807, 2.05) is 13.0 Å². The van der Waals surface area contributed by atoms with Crippen LogP contribution < -0.4 is 10.2 Å². The van der Waals surface area contributed by atoms with Gasteiger partial charge in [-0.25, -0.2) is 8.42 Å². The molecule has 1 heterocycles. The minimum atomic E-state index is -3.33. The Morgan fingerprint density at radius 1 is 1.12 bits per heavy atom. The molecule has 7 heteroatoms. The first-order valence-electron chi connectivity index (χ1n) is 11.2. The maximum atomic E-state index is 12.7. The molecule has 1 aliphatic rings. The second kappa shape index (κ2) is 9.71. The Balaban J connectivity index is 2.24. The van der Waals surface area contributed by atoms with Crippen LogP contribution in [0.5, 0.6) is 0 Å². The Hall–Kier alpha value is -2.25. The fraction of sp³-hybridized carbons (Fsp3) is 0.440. The van der Waals surface area contributed by atoms with Gasteiger partial charge in [0.15, 0.2) is 9.84 Å². The van der Waals surface area contributed by atoms with E-state index in [-0.39, 0.29) is 5.75 Å². The van der Waals surface area contributed by atoms with E-state index in [1.165, 1.54) is 0 Å². The zero-order valence-electron chi connectivity index (χ0n) is 19.8.